The first-order valence-electron chi connectivity index (χ1n) is 15.0. The number of phenols is 1. The van der Waals surface area contributed by atoms with Gasteiger partial charge in [-0.15, -0.1) is 0 Å². The van der Waals surface area contributed by atoms with Crippen molar-refractivity contribution in [1.82, 2.24) is 20.0 Å². The number of ether oxygens (including phenoxy) is 2. The zero-order valence-corrected chi connectivity index (χ0v) is 24.6. The number of hydrogen-bond acceptors (Lipinski definition) is 6. The summed E-state index contributed by atoms with van der Waals surface area (Å²) in [5, 5.41) is 17.5. The third-order valence-electron chi connectivity index (χ3n) is 8.20. The monoisotopic (exact) mass is 600 g/mol. The van der Waals surface area contributed by atoms with E-state index >= 15 is 0 Å². The van der Waals surface area contributed by atoms with Gasteiger partial charge in [-0.05, 0) is 95.8 Å². The van der Waals surface area contributed by atoms with Gasteiger partial charge >= 0.3 is 0 Å². The van der Waals surface area contributed by atoms with Crippen molar-refractivity contribution in [3.05, 3.63) is 137 Å². The number of fused-ring (bicyclic) bond motifs is 1. The number of phenolic OH excluding ortho intramolecular Hbond substituents is 1. The Morgan fingerprint density at radius 3 is 2.62 bits per heavy atom. The SMILES string of the molecule is O=C1NCCCOc2ccc(cc2)C2c3ccc(cc3CCN2C(=O)c2cccc(Cn3cccn3)c2)Oc2ccc(O)c1c2. The van der Waals surface area contributed by atoms with E-state index in [1.807, 2.05) is 88.6 Å². The number of benzene rings is 4. The number of rotatable bonds is 3. The van der Waals surface area contributed by atoms with Gasteiger partial charge in [0.1, 0.15) is 23.0 Å². The summed E-state index contributed by atoms with van der Waals surface area (Å²) in [4.78, 5) is 28.9. The molecule has 4 aromatic carbocycles. The Hall–Kier alpha value is -5.57. The smallest absolute Gasteiger partial charge is 0.255 e. The summed E-state index contributed by atoms with van der Waals surface area (Å²) in [5.41, 5.74) is 4.84. The molecule has 1 aromatic heterocycles. The Bertz CT molecular complexity index is 1850. The van der Waals surface area contributed by atoms with E-state index in [0.717, 1.165) is 22.3 Å². The number of nitrogens with zero attached hydrogens (tertiary/aromatic N) is 3. The molecule has 0 radical (unpaired) electrons. The lowest BCUT2D eigenvalue weighted by Crippen LogP contribution is -2.40. The third-order valence-corrected chi connectivity index (χ3v) is 8.20. The molecule has 1 unspecified atom stereocenters. The summed E-state index contributed by atoms with van der Waals surface area (Å²) >= 11 is 0. The fourth-order valence-electron chi connectivity index (χ4n) is 6.00. The maximum absolute atomic E-state index is 14.2. The van der Waals surface area contributed by atoms with Crippen LogP contribution in [-0.2, 0) is 13.0 Å². The van der Waals surface area contributed by atoms with E-state index in [0.29, 0.717) is 61.9 Å². The van der Waals surface area contributed by atoms with Crippen LogP contribution in [0.3, 0.4) is 0 Å². The first-order valence-corrected chi connectivity index (χ1v) is 15.0. The number of nitrogens with one attached hydrogen (secondary N) is 1. The lowest BCUT2D eigenvalue weighted by atomic mass is 9.87. The minimum absolute atomic E-state index is 0.0409. The van der Waals surface area contributed by atoms with Crippen molar-refractivity contribution in [1.29, 1.82) is 0 Å². The largest absolute Gasteiger partial charge is 0.507 e. The van der Waals surface area contributed by atoms with Gasteiger partial charge in [-0.1, -0.05) is 30.3 Å². The van der Waals surface area contributed by atoms with E-state index in [1.165, 1.54) is 12.1 Å². The van der Waals surface area contributed by atoms with Crippen LogP contribution in [0, 0.1) is 0 Å². The molecular weight excluding hydrogens is 568 g/mol. The van der Waals surface area contributed by atoms with Crippen LogP contribution >= 0.6 is 0 Å². The average Bonchev–Trinajstić information content (AvgIpc) is 3.57. The minimum atomic E-state index is -0.384. The first-order chi connectivity index (χ1) is 22.0. The molecule has 1 atom stereocenters. The number of amides is 2. The zero-order chi connectivity index (χ0) is 30.8. The molecule has 4 aliphatic rings. The van der Waals surface area contributed by atoms with Crippen molar-refractivity contribution in [3.8, 4) is 23.0 Å². The second kappa shape index (κ2) is 12.2. The predicted molar refractivity (Wildman–Crippen MR) is 168 cm³/mol. The van der Waals surface area contributed by atoms with Gasteiger partial charge in [0.25, 0.3) is 11.8 Å². The lowest BCUT2D eigenvalue weighted by Gasteiger charge is -2.38. The van der Waals surface area contributed by atoms with Gasteiger partial charge in [0, 0.05) is 31.0 Å². The molecule has 0 aliphatic carbocycles. The Morgan fingerprint density at radius 1 is 0.956 bits per heavy atom. The van der Waals surface area contributed by atoms with Crippen LogP contribution in [0.1, 0.15) is 55.4 Å². The number of aromatic nitrogens is 2. The van der Waals surface area contributed by atoms with E-state index in [9.17, 15) is 14.7 Å². The predicted octanol–water partition coefficient (Wildman–Crippen LogP) is 5.73. The minimum Gasteiger partial charge on any atom is -0.507 e. The number of carbonyl (C=O) groups excluding carboxylic acids is 2. The van der Waals surface area contributed by atoms with Gasteiger partial charge in [-0.2, -0.15) is 5.10 Å². The first kappa shape index (κ1) is 28.2. The van der Waals surface area contributed by atoms with Gasteiger partial charge in [-0.3, -0.25) is 14.3 Å². The molecule has 9 nitrogen and oxygen atoms in total. The van der Waals surface area contributed by atoms with E-state index in [2.05, 4.69) is 10.4 Å². The molecule has 9 heteroatoms. The molecule has 9 rings (SSSR count). The zero-order valence-electron chi connectivity index (χ0n) is 24.6. The van der Waals surface area contributed by atoms with E-state index in [1.54, 1.807) is 12.3 Å². The van der Waals surface area contributed by atoms with Crippen LogP contribution in [0.2, 0.25) is 0 Å². The number of carbonyl (C=O) groups is 2. The molecule has 45 heavy (non-hydrogen) atoms. The maximum atomic E-state index is 14.2. The maximum Gasteiger partial charge on any atom is 0.255 e. The van der Waals surface area contributed by atoms with Gasteiger partial charge < -0.3 is 24.8 Å². The van der Waals surface area contributed by atoms with Gasteiger partial charge in [-0.25, -0.2) is 0 Å². The van der Waals surface area contributed by atoms with E-state index < -0.39 is 0 Å². The summed E-state index contributed by atoms with van der Waals surface area (Å²) in [5.74, 6) is 1.21. The molecule has 2 amide bonds. The summed E-state index contributed by atoms with van der Waals surface area (Å²) in [6, 6.07) is 27.7. The standard InChI is InChI=1S/C36H32N4O5/c41-33-13-11-30-22-32(33)35(42)37-15-3-19-44-28-8-6-25(7-9-28)34-31-12-10-29(45-30)21-26(31)14-18-40(34)36(43)27-5-1-4-24(20-27)23-39-17-2-16-38-39/h1-2,4-13,16-17,20-22,34,41H,3,14-15,18-19,23H2,(H,37,42). The van der Waals surface area contributed by atoms with Crippen LogP contribution in [0.15, 0.2) is 103 Å². The molecular formula is C36H32N4O5. The molecule has 0 spiro atoms. The van der Waals surface area contributed by atoms with Crippen LogP contribution < -0.4 is 14.8 Å². The Kier molecular flexibility index (Phi) is 7.65. The second-order valence-electron chi connectivity index (χ2n) is 11.2. The van der Waals surface area contributed by atoms with Crippen molar-refractivity contribution >= 4 is 11.8 Å². The van der Waals surface area contributed by atoms with Crippen molar-refractivity contribution < 1.29 is 24.2 Å². The molecule has 5 aromatic rings. The van der Waals surface area contributed by atoms with Crippen molar-refractivity contribution in [3.63, 3.8) is 0 Å². The molecule has 4 aliphatic heterocycles. The summed E-state index contributed by atoms with van der Waals surface area (Å²) < 4.78 is 14.0. The van der Waals surface area contributed by atoms with Crippen molar-refractivity contribution in [2.24, 2.45) is 0 Å². The number of aromatic hydroxyl groups is 1. The molecule has 8 bridgehead atoms. The average molecular weight is 601 g/mol. The van der Waals surface area contributed by atoms with Crippen LogP contribution in [-0.4, -0.2) is 51.3 Å². The van der Waals surface area contributed by atoms with Gasteiger partial charge in [0.05, 0.1) is 24.8 Å². The van der Waals surface area contributed by atoms with Crippen molar-refractivity contribution in [2.75, 3.05) is 19.7 Å². The van der Waals surface area contributed by atoms with Crippen LogP contribution in [0.4, 0.5) is 0 Å². The highest BCUT2D eigenvalue weighted by Crippen LogP contribution is 2.39. The van der Waals surface area contributed by atoms with Crippen molar-refractivity contribution in [2.45, 2.75) is 25.4 Å². The fourth-order valence-corrected chi connectivity index (χ4v) is 6.00. The lowest BCUT2D eigenvalue weighted by molar-refractivity contribution is 0.0694. The highest BCUT2D eigenvalue weighted by molar-refractivity contribution is 5.97. The molecule has 0 saturated carbocycles. The summed E-state index contributed by atoms with van der Waals surface area (Å²) in [6.07, 6.45) is 4.88. The highest BCUT2D eigenvalue weighted by Gasteiger charge is 2.33. The summed E-state index contributed by atoms with van der Waals surface area (Å²) in [6.45, 7) is 1.89. The van der Waals surface area contributed by atoms with Gasteiger partial charge in [0.2, 0.25) is 0 Å². The van der Waals surface area contributed by atoms with E-state index in [4.69, 9.17) is 9.47 Å². The van der Waals surface area contributed by atoms with Crippen LogP contribution in [0.25, 0.3) is 0 Å². The fraction of sp³-hybridized carbons (Fsp3) is 0.194. The van der Waals surface area contributed by atoms with Crippen LogP contribution in [0.5, 0.6) is 23.0 Å². The quantitative estimate of drug-likeness (QED) is 0.274. The van der Waals surface area contributed by atoms with E-state index in [-0.39, 0.29) is 29.2 Å². The Balaban J connectivity index is 1.25. The Labute approximate surface area is 260 Å². The molecule has 5 heterocycles. The highest BCUT2D eigenvalue weighted by atomic mass is 16.5. The normalized spacial score (nSPS) is 16.1. The molecule has 0 fully saturated rings. The topological polar surface area (TPSA) is 106 Å². The third kappa shape index (κ3) is 5.97. The molecule has 0 saturated heterocycles. The molecule has 2 N–H and O–H groups in total. The number of hydrogen-bond donors (Lipinski definition) is 2. The Morgan fingerprint density at radius 2 is 1.78 bits per heavy atom. The summed E-state index contributed by atoms with van der Waals surface area (Å²) in [7, 11) is 0. The van der Waals surface area contributed by atoms with Gasteiger partial charge in [0.15, 0.2) is 0 Å². The molecule has 226 valence electrons. The second-order valence-corrected chi connectivity index (χ2v) is 11.2.